The van der Waals surface area contributed by atoms with Gasteiger partial charge in [-0.15, -0.1) is 10.2 Å². The van der Waals surface area contributed by atoms with Crippen LogP contribution in [0.15, 0.2) is 0 Å². The molecule has 0 aromatic carbocycles. The first-order valence-corrected chi connectivity index (χ1v) is 4.79. The fourth-order valence-corrected chi connectivity index (χ4v) is 1.23. The van der Waals surface area contributed by atoms with Crippen molar-refractivity contribution in [1.82, 2.24) is 25.9 Å². The van der Waals surface area contributed by atoms with Gasteiger partial charge in [-0.25, -0.2) is 0 Å². The Morgan fingerprint density at radius 2 is 2.40 bits per heavy atom. The second kappa shape index (κ2) is 4.83. The molecule has 84 valence electrons. The Morgan fingerprint density at radius 1 is 1.67 bits per heavy atom. The highest BCUT2D eigenvalue weighted by Gasteiger charge is 2.21. The van der Waals surface area contributed by atoms with Gasteiger partial charge >= 0.3 is 0 Å². The Labute approximate surface area is 87.3 Å². The monoisotopic (exact) mass is 213 g/mol. The summed E-state index contributed by atoms with van der Waals surface area (Å²) in [6.45, 7) is 3.82. The summed E-state index contributed by atoms with van der Waals surface area (Å²) in [5.74, 6) is -0.470. The molecule has 0 bridgehead atoms. The zero-order valence-electron chi connectivity index (χ0n) is 8.82. The number of aromatic amines is 1. The van der Waals surface area contributed by atoms with Gasteiger partial charge in [-0.1, -0.05) is 13.3 Å². The van der Waals surface area contributed by atoms with E-state index in [2.05, 4.69) is 25.9 Å². The van der Waals surface area contributed by atoms with Crippen molar-refractivity contribution in [2.24, 2.45) is 0 Å². The number of amides is 1. The summed E-state index contributed by atoms with van der Waals surface area (Å²) in [5, 5.41) is 24.8. The van der Waals surface area contributed by atoms with Crippen LogP contribution in [-0.2, 0) is 0 Å². The molecule has 0 spiro atoms. The summed E-state index contributed by atoms with van der Waals surface area (Å²) < 4.78 is 0. The van der Waals surface area contributed by atoms with Crippen molar-refractivity contribution in [3.63, 3.8) is 0 Å². The highest BCUT2D eigenvalue weighted by molar-refractivity contribution is 5.90. The molecule has 1 atom stereocenters. The topological polar surface area (TPSA) is 104 Å². The predicted octanol–water partition coefficient (Wildman–Crippen LogP) is -0.519. The Hall–Kier alpha value is -1.50. The van der Waals surface area contributed by atoms with Gasteiger partial charge < -0.3 is 10.4 Å². The van der Waals surface area contributed by atoms with Gasteiger partial charge in [0.05, 0.1) is 5.60 Å². The number of carbonyl (C=O) groups is 1. The van der Waals surface area contributed by atoms with Crippen molar-refractivity contribution in [3.8, 4) is 0 Å². The number of carbonyl (C=O) groups excluding carboxylic acids is 1. The molecule has 1 heterocycles. The van der Waals surface area contributed by atoms with E-state index < -0.39 is 11.5 Å². The lowest BCUT2D eigenvalue weighted by molar-refractivity contribution is 0.0467. The molecule has 3 N–H and O–H groups in total. The molecule has 0 radical (unpaired) electrons. The van der Waals surface area contributed by atoms with Crippen molar-refractivity contribution < 1.29 is 9.90 Å². The molecule has 0 aliphatic heterocycles. The maximum Gasteiger partial charge on any atom is 0.292 e. The van der Waals surface area contributed by atoms with Crippen LogP contribution in [0.5, 0.6) is 0 Å². The Bertz CT molecular complexity index is 309. The van der Waals surface area contributed by atoms with Crippen LogP contribution < -0.4 is 5.32 Å². The number of aliphatic hydroxyl groups is 1. The number of rotatable bonds is 5. The second-order valence-electron chi connectivity index (χ2n) is 3.67. The van der Waals surface area contributed by atoms with E-state index in [1.54, 1.807) is 6.92 Å². The van der Waals surface area contributed by atoms with E-state index in [1.807, 2.05) is 6.92 Å². The number of H-pyrrole nitrogens is 1. The molecular formula is C8H15N5O2. The molecule has 1 rings (SSSR count). The molecule has 0 aliphatic carbocycles. The van der Waals surface area contributed by atoms with Crippen LogP contribution in [0.2, 0.25) is 0 Å². The number of tetrazole rings is 1. The molecule has 0 saturated carbocycles. The maximum absolute atomic E-state index is 11.3. The van der Waals surface area contributed by atoms with E-state index in [0.29, 0.717) is 6.42 Å². The third-order valence-corrected chi connectivity index (χ3v) is 1.97. The van der Waals surface area contributed by atoms with E-state index >= 15 is 0 Å². The van der Waals surface area contributed by atoms with Crippen LogP contribution in [-0.4, -0.2) is 43.8 Å². The summed E-state index contributed by atoms with van der Waals surface area (Å²) in [7, 11) is 0. The third-order valence-electron chi connectivity index (χ3n) is 1.97. The summed E-state index contributed by atoms with van der Waals surface area (Å²) in [5.41, 5.74) is -0.895. The predicted molar refractivity (Wildman–Crippen MR) is 52.0 cm³/mol. The Morgan fingerprint density at radius 3 is 2.93 bits per heavy atom. The number of nitrogens with zero attached hydrogens (tertiary/aromatic N) is 3. The normalized spacial score (nSPS) is 14.6. The van der Waals surface area contributed by atoms with Gasteiger partial charge in [-0.3, -0.25) is 4.79 Å². The summed E-state index contributed by atoms with van der Waals surface area (Å²) in [6.07, 6.45) is 1.48. The van der Waals surface area contributed by atoms with Crippen LogP contribution >= 0.6 is 0 Å². The van der Waals surface area contributed by atoms with E-state index in [0.717, 1.165) is 6.42 Å². The Balaban J connectivity index is 2.40. The lowest BCUT2D eigenvalue weighted by atomic mass is 10.0. The molecule has 0 fully saturated rings. The average molecular weight is 213 g/mol. The van der Waals surface area contributed by atoms with Gasteiger partial charge in [0.2, 0.25) is 0 Å². The molecular weight excluding hydrogens is 198 g/mol. The zero-order valence-corrected chi connectivity index (χ0v) is 8.82. The fourth-order valence-electron chi connectivity index (χ4n) is 1.23. The van der Waals surface area contributed by atoms with Crippen LogP contribution in [0, 0.1) is 0 Å². The summed E-state index contributed by atoms with van der Waals surface area (Å²) >= 11 is 0. The lowest BCUT2D eigenvalue weighted by Gasteiger charge is -2.22. The first kappa shape index (κ1) is 11.6. The quantitative estimate of drug-likeness (QED) is 0.610. The molecule has 1 amide bonds. The first-order chi connectivity index (χ1) is 7.05. The minimum atomic E-state index is -0.895. The second-order valence-corrected chi connectivity index (χ2v) is 3.67. The number of hydrogen-bond acceptors (Lipinski definition) is 5. The third kappa shape index (κ3) is 3.62. The Kier molecular flexibility index (Phi) is 3.73. The van der Waals surface area contributed by atoms with E-state index in [1.165, 1.54) is 0 Å². The molecule has 1 aromatic heterocycles. The van der Waals surface area contributed by atoms with Crippen molar-refractivity contribution in [1.29, 1.82) is 0 Å². The smallest absolute Gasteiger partial charge is 0.292 e. The molecule has 7 nitrogen and oxygen atoms in total. The van der Waals surface area contributed by atoms with Crippen molar-refractivity contribution >= 4 is 5.91 Å². The van der Waals surface area contributed by atoms with Gasteiger partial charge in [-0.2, -0.15) is 5.21 Å². The van der Waals surface area contributed by atoms with Crippen LogP contribution in [0.3, 0.4) is 0 Å². The highest BCUT2D eigenvalue weighted by Crippen LogP contribution is 2.09. The largest absolute Gasteiger partial charge is 0.388 e. The van der Waals surface area contributed by atoms with Gasteiger partial charge in [0, 0.05) is 6.54 Å². The van der Waals surface area contributed by atoms with Crippen LogP contribution in [0.1, 0.15) is 37.3 Å². The molecule has 15 heavy (non-hydrogen) atoms. The minimum absolute atomic E-state index is 0.0256. The maximum atomic E-state index is 11.3. The van der Waals surface area contributed by atoms with Crippen molar-refractivity contribution in [2.75, 3.05) is 6.54 Å². The van der Waals surface area contributed by atoms with Gasteiger partial charge in [0.1, 0.15) is 0 Å². The molecule has 0 aliphatic rings. The minimum Gasteiger partial charge on any atom is -0.388 e. The van der Waals surface area contributed by atoms with E-state index in [9.17, 15) is 9.90 Å². The molecule has 7 heteroatoms. The summed E-state index contributed by atoms with van der Waals surface area (Å²) in [6, 6.07) is 0. The van der Waals surface area contributed by atoms with Gasteiger partial charge in [0.15, 0.2) is 0 Å². The molecule has 0 saturated heterocycles. The van der Waals surface area contributed by atoms with Crippen LogP contribution in [0.25, 0.3) is 0 Å². The summed E-state index contributed by atoms with van der Waals surface area (Å²) in [4.78, 5) is 11.3. The highest BCUT2D eigenvalue weighted by atomic mass is 16.3. The molecule has 1 aromatic rings. The van der Waals surface area contributed by atoms with E-state index in [4.69, 9.17) is 0 Å². The number of hydrogen-bond donors (Lipinski definition) is 3. The lowest BCUT2D eigenvalue weighted by Crippen LogP contribution is -2.40. The van der Waals surface area contributed by atoms with E-state index in [-0.39, 0.29) is 12.4 Å². The first-order valence-electron chi connectivity index (χ1n) is 4.79. The fraction of sp³-hybridized carbons (Fsp3) is 0.750. The van der Waals surface area contributed by atoms with Crippen LogP contribution in [0.4, 0.5) is 0 Å². The standard InChI is InChI=1S/C8H15N5O2/c1-3-4-8(2,15)5-9-7(14)6-10-12-13-11-6/h15H,3-5H2,1-2H3,(H,9,14)(H,10,11,12,13). The SMILES string of the molecule is CCCC(C)(O)CNC(=O)c1nn[nH]n1. The number of nitrogens with one attached hydrogen (secondary N) is 2. The zero-order chi connectivity index (χ0) is 11.3. The van der Waals surface area contributed by atoms with Crippen molar-refractivity contribution in [2.45, 2.75) is 32.3 Å². The van der Waals surface area contributed by atoms with Gasteiger partial charge in [0.25, 0.3) is 11.7 Å². The molecule has 1 unspecified atom stereocenters. The van der Waals surface area contributed by atoms with Crippen molar-refractivity contribution in [3.05, 3.63) is 5.82 Å². The number of aromatic nitrogens is 4. The average Bonchev–Trinajstić information content (AvgIpc) is 2.67. The van der Waals surface area contributed by atoms with Gasteiger partial charge in [-0.05, 0) is 18.6 Å².